The van der Waals surface area contributed by atoms with E-state index in [1.165, 1.54) is 0 Å². The highest BCUT2D eigenvalue weighted by Crippen LogP contribution is 2.09. The Bertz CT molecular complexity index is 532. The number of carbonyl (C=O) groups excluding carboxylic acids is 1. The van der Waals surface area contributed by atoms with E-state index in [0.717, 1.165) is 5.56 Å². The Morgan fingerprint density at radius 3 is 2.72 bits per heavy atom. The van der Waals surface area contributed by atoms with Gasteiger partial charge in [-0.15, -0.1) is 0 Å². The number of ether oxygens (including phenoxy) is 1. The summed E-state index contributed by atoms with van der Waals surface area (Å²) in [5.74, 6) is -0.311. The van der Waals surface area contributed by atoms with Crippen molar-refractivity contribution in [2.75, 3.05) is 6.61 Å². The molecule has 18 heavy (non-hydrogen) atoms. The van der Waals surface area contributed by atoms with Gasteiger partial charge in [0.2, 0.25) is 0 Å². The maximum atomic E-state index is 11.7. The SMILES string of the molecule is CCOC(=O)c1cn(Cc2ccccc2)nc1C. The van der Waals surface area contributed by atoms with Gasteiger partial charge in [-0.25, -0.2) is 4.79 Å². The fraction of sp³-hybridized carbons (Fsp3) is 0.286. The van der Waals surface area contributed by atoms with Crippen molar-refractivity contribution in [2.45, 2.75) is 20.4 Å². The third-order valence-corrected chi connectivity index (χ3v) is 2.63. The average Bonchev–Trinajstić information content (AvgIpc) is 2.72. The molecular formula is C14H16N2O2. The largest absolute Gasteiger partial charge is 0.462 e. The van der Waals surface area contributed by atoms with Gasteiger partial charge in [-0.2, -0.15) is 5.10 Å². The molecule has 1 aromatic heterocycles. The Hall–Kier alpha value is -2.10. The van der Waals surface area contributed by atoms with Crippen LogP contribution in [0.15, 0.2) is 36.5 Å². The summed E-state index contributed by atoms with van der Waals surface area (Å²) in [7, 11) is 0. The fourth-order valence-electron chi connectivity index (χ4n) is 1.78. The lowest BCUT2D eigenvalue weighted by Crippen LogP contribution is -2.05. The van der Waals surface area contributed by atoms with E-state index in [1.54, 1.807) is 17.8 Å². The fourth-order valence-corrected chi connectivity index (χ4v) is 1.78. The number of benzene rings is 1. The molecule has 1 aromatic carbocycles. The van der Waals surface area contributed by atoms with Crippen LogP contribution < -0.4 is 0 Å². The minimum Gasteiger partial charge on any atom is -0.462 e. The highest BCUT2D eigenvalue weighted by atomic mass is 16.5. The minimum absolute atomic E-state index is 0.311. The molecule has 2 aromatic rings. The first-order valence-electron chi connectivity index (χ1n) is 5.95. The summed E-state index contributed by atoms with van der Waals surface area (Å²) in [6, 6.07) is 10.00. The number of hydrogen-bond acceptors (Lipinski definition) is 3. The molecule has 0 bridgehead atoms. The third-order valence-electron chi connectivity index (χ3n) is 2.63. The van der Waals surface area contributed by atoms with Crippen LogP contribution in [0.2, 0.25) is 0 Å². The van der Waals surface area contributed by atoms with E-state index in [4.69, 9.17) is 4.74 Å². The van der Waals surface area contributed by atoms with Crippen molar-refractivity contribution < 1.29 is 9.53 Å². The second-order valence-electron chi connectivity index (χ2n) is 4.03. The molecule has 4 nitrogen and oxygen atoms in total. The Labute approximate surface area is 106 Å². The van der Waals surface area contributed by atoms with E-state index < -0.39 is 0 Å². The topological polar surface area (TPSA) is 44.1 Å². The van der Waals surface area contributed by atoms with Crippen molar-refractivity contribution in [3.63, 3.8) is 0 Å². The van der Waals surface area contributed by atoms with Gasteiger partial charge in [0.05, 0.1) is 18.8 Å². The molecule has 0 aliphatic heterocycles. The Morgan fingerprint density at radius 1 is 1.33 bits per heavy atom. The maximum absolute atomic E-state index is 11.7. The summed E-state index contributed by atoms with van der Waals surface area (Å²) >= 11 is 0. The van der Waals surface area contributed by atoms with Crippen LogP contribution in [-0.4, -0.2) is 22.4 Å². The molecule has 0 amide bonds. The number of aromatic nitrogens is 2. The van der Waals surface area contributed by atoms with Crippen LogP contribution >= 0.6 is 0 Å². The molecular weight excluding hydrogens is 228 g/mol. The van der Waals surface area contributed by atoms with Gasteiger partial charge in [0.15, 0.2) is 0 Å². The van der Waals surface area contributed by atoms with Crippen molar-refractivity contribution in [3.05, 3.63) is 53.3 Å². The second kappa shape index (κ2) is 5.49. The summed E-state index contributed by atoms with van der Waals surface area (Å²) in [6.45, 7) is 4.64. The van der Waals surface area contributed by atoms with Crippen LogP contribution in [0.3, 0.4) is 0 Å². The van der Waals surface area contributed by atoms with Crippen molar-refractivity contribution in [1.29, 1.82) is 0 Å². The molecule has 1 heterocycles. The zero-order chi connectivity index (χ0) is 13.0. The van der Waals surface area contributed by atoms with Crippen LogP contribution in [0.4, 0.5) is 0 Å². The Kier molecular flexibility index (Phi) is 3.77. The van der Waals surface area contributed by atoms with Crippen LogP contribution in [-0.2, 0) is 11.3 Å². The summed E-state index contributed by atoms with van der Waals surface area (Å²) < 4.78 is 6.74. The van der Waals surface area contributed by atoms with E-state index in [1.807, 2.05) is 37.3 Å². The zero-order valence-electron chi connectivity index (χ0n) is 10.6. The van der Waals surface area contributed by atoms with Gasteiger partial charge in [0, 0.05) is 6.20 Å². The van der Waals surface area contributed by atoms with Crippen molar-refractivity contribution in [2.24, 2.45) is 0 Å². The number of esters is 1. The monoisotopic (exact) mass is 244 g/mol. The third kappa shape index (κ3) is 2.77. The Balaban J connectivity index is 2.16. The van der Waals surface area contributed by atoms with Crippen molar-refractivity contribution in [3.8, 4) is 0 Å². The predicted octanol–water partition coefficient (Wildman–Crippen LogP) is 2.42. The molecule has 0 aliphatic carbocycles. The first-order chi connectivity index (χ1) is 8.70. The summed E-state index contributed by atoms with van der Waals surface area (Å²) in [5.41, 5.74) is 2.38. The summed E-state index contributed by atoms with van der Waals surface area (Å²) in [6.07, 6.45) is 1.74. The first-order valence-corrected chi connectivity index (χ1v) is 5.95. The second-order valence-corrected chi connectivity index (χ2v) is 4.03. The maximum Gasteiger partial charge on any atom is 0.341 e. The smallest absolute Gasteiger partial charge is 0.341 e. The molecule has 2 rings (SSSR count). The van der Waals surface area contributed by atoms with E-state index in [9.17, 15) is 4.79 Å². The molecule has 4 heteroatoms. The molecule has 0 N–H and O–H groups in total. The summed E-state index contributed by atoms with van der Waals surface area (Å²) in [4.78, 5) is 11.7. The molecule has 0 atom stereocenters. The lowest BCUT2D eigenvalue weighted by molar-refractivity contribution is 0.0525. The van der Waals surface area contributed by atoms with Crippen LogP contribution in [0.1, 0.15) is 28.5 Å². The van der Waals surface area contributed by atoms with Gasteiger partial charge >= 0.3 is 5.97 Å². The highest BCUT2D eigenvalue weighted by Gasteiger charge is 2.14. The normalized spacial score (nSPS) is 10.3. The van der Waals surface area contributed by atoms with Crippen LogP contribution in [0.25, 0.3) is 0 Å². The van der Waals surface area contributed by atoms with Crippen LogP contribution in [0, 0.1) is 6.92 Å². The van der Waals surface area contributed by atoms with Crippen molar-refractivity contribution >= 4 is 5.97 Å². The molecule has 0 spiro atoms. The van der Waals surface area contributed by atoms with Crippen LogP contribution in [0.5, 0.6) is 0 Å². The highest BCUT2D eigenvalue weighted by molar-refractivity contribution is 5.90. The minimum atomic E-state index is -0.311. The van der Waals surface area contributed by atoms with E-state index >= 15 is 0 Å². The molecule has 0 unspecified atom stereocenters. The van der Waals surface area contributed by atoms with Gasteiger partial charge in [-0.05, 0) is 19.4 Å². The first kappa shape index (κ1) is 12.4. The summed E-state index contributed by atoms with van der Waals surface area (Å²) in [5, 5.41) is 4.33. The van der Waals surface area contributed by atoms with Gasteiger partial charge < -0.3 is 4.74 Å². The number of aryl methyl sites for hydroxylation is 1. The zero-order valence-corrected chi connectivity index (χ0v) is 10.6. The lowest BCUT2D eigenvalue weighted by atomic mass is 10.2. The quantitative estimate of drug-likeness (QED) is 0.776. The van der Waals surface area contributed by atoms with Gasteiger partial charge in [0.1, 0.15) is 5.56 Å². The standard InChI is InChI=1S/C14H16N2O2/c1-3-18-14(17)13-10-16(15-11(13)2)9-12-7-5-4-6-8-12/h4-8,10H,3,9H2,1-2H3. The molecule has 0 aliphatic rings. The van der Waals surface area contributed by atoms with E-state index in [-0.39, 0.29) is 5.97 Å². The molecule has 0 saturated heterocycles. The van der Waals surface area contributed by atoms with Gasteiger partial charge in [-0.3, -0.25) is 4.68 Å². The molecule has 0 fully saturated rings. The molecule has 0 radical (unpaired) electrons. The average molecular weight is 244 g/mol. The number of nitrogens with zero attached hydrogens (tertiary/aromatic N) is 2. The predicted molar refractivity (Wildman–Crippen MR) is 68.5 cm³/mol. The molecule has 0 saturated carbocycles. The van der Waals surface area contributed by atoms with Gasteiger partial charge in [0.25, 0.3) is 0 Å². The number of carbonyl (C=O) groups is 1. The lowest BCUT2D eigenvalue weighted by Gasteiger charge is -2.00. The van der Waals surface area contributed by atoms with Gasteiger partial charge in [-0.1, -0.05) is 30.3 Å². The Morgan fingerprint density at radius 2 is 2.06 bits per heavy atom. The van der Waals surface area contributed by atoms with E-state index in [0.29, 0.717) is 24.4 Å². The number of rotatable bonds is 4. The number of hydrogen-bond donors (Lipinski definition) is 0. The van der Waals surface area contributed by atoms with E-state index in [2.05, 4.69) is 5.10 Å². The molecule has 94 valence electrons. The van der Waals surface area contributed by atoms with Crippen molar-refractivity contribution in [1.82, 2.24) is 9.78 Å².